The van der Waals surface area contributed by atoms with E-state index < -0.39 is 0 Å². The molecule has 2 aromatic heterocycles. The minimum atomic E-state index is -0.0724. The van der Waals surface area contributed by atoms with Crippen LogP contribution in [-0.4, -0.2) is 19.7 Å². The topological polar surface area (TPSA) is 81.6 Å². The van der Waals surface area contributed by atoms with Gasteiger partial charge in [0.25, 0.3) is 0 Å². The summed E-state index contributed by atoms with van der Waals surface area (Å²) in [7, 11) is 1.91. The molecule has 0 aromatic carbocycles. The molecule has 0 unspecified atom stereocenters. The zero-order valence-electron chi connectivity index (χ0n) is 13.4. The van der Waals surface area contributed by atoms with Gasteiger partial charge in [0.05, 0.1) is 11.3 Å². The molecule has 0 aliphatic heterocycles. The molecule has 0 saturated carbocycles. The summed E-state index contributed by atoms with van der Waals surface area (Å²) in [6.07, 6.45) is 3.89. The summed E-state index contributed by atoms with van der Waals surface area (Å²) >= 11 is 0. The Bertz CT molecular complexity index is 624. The number of hydrogen-bond acceptors (Lipinski definition) is 5. The predicted molar refractivity (Wildman–Crippen MR) is 84.7 cm³/mol. The van der Waals surface area contributed by atoms with Crippen molar-refractivity contribution in [3.05, 3.63) is 23.7 Å². The van der Waals surface area contributed by atoms with Crippen molar-refractivity contribution < 1.29 is 0 Å². The van der Waals surface area contributed by atoms with Crippen molar-refractivity contribution in [2.24, 2.45) is 12.9 Å². The third kappa shape index (κ3) is 3.39. The number of aromatic nitrogens is 4. The molecule has 0 amide bonds. The fourth-order valence-electron chi connectivity index (χ4n) is 2.28. The number of anilines is 1. The molecule has 0 atom stereocenters. The van der Waals surface area contributed by atoms with E-state index in [0.717, 1.165) is 29.8 Å². The second kappa shape index (κ2) is 5.81. The number of hydrazine groups is 1. The van der Waals surface area contributed by atoms with Crippen LogP contribution in [0.1, 0.15) is 45.5 Å². The second-order valence-electron chi connectivity index (χ2n) is 6.28. The molecule has 0 aliphatic rings. The van der Waals surface area contributed by atoms with Gasteiger partial charge in [0, 0.05) is 30.4 Å². The molecular weight excluding hydrogens is 264 g/mol. The average molecular weight is 288 g/mol. The van der Waals surface area contributed by atoms with E-state index in [4.69, 9.17) is 5.84 Å². The highest BCUT2D eigenvalue weighted by molar-refractivity contribution is 5.61. The Morgan fingerprint density at radius 2 is 2.00 bits per heavy atom. The summed E-state index contributed by atoms with van der Waals surface area (Å²) in [6, 6.07) is 1.89. The quantitative estimate of drug-likeness (QED) is 0.667. The van der Waals surface area contributed by atoms with Gasteiger partial charge in [0.2, 0.25) is 0 Å². The van der Waals surface area contributed by atoms with Gasteiger partial charge < -0.3 is 5.43 Å². The molecule has 114 valence electrons. The highest BCUT2D eigenvalue weighted by atomic mass is 15.3. The largest absolute Gasteiger partial charge is 0.308 e. The zero-order valence-corrected chi connectivity index (χ0v) is 13.4. The van der Waals surface area contributed by atoms with Gasteiger partial charge in [0.15, 0.2) is 5.82 Å². The van der Waals surface area contributed by atoms with Gasteiger partial charge in [0.1, 0.15) is 5.82 Å². The molecular formula is C15H24N6. The first kappa shape index (κ1) is 15.4. The number of nitrogens with one attached hydrogen (secondary N) is 1. The predicted octanol–water partition coefficient (Wildman–Crippen LogP) is 2.41. The second-order valence-corrected chi connectivity index (χ2v) is 6.28. The molecule has 3 N–H and O–H groups in total. The van der Waals surface area contributed by atoms with E-state index in [2.05, 4.69) is 48.2 Å². The van der Waals surface area contributed by atoms with Gasteiger partial charge in [-0.15, -0.1) is 0 Å². The molecule has 6 nitrogen and oxygen atoms in total. The summed E-state index contributed by atoms with van der Waals surface area (Å²) in [5.41, 5.74) is 5.48. The summed E-state index contributed by atoms with van der Waals surface area (Å²) in [5.74, 6) is 6.83. The Morgan fingerprint density at radius 3 is 2.57 bits per heavy atom. The van der Waals surface area contributed by atoms with Crippen molar-refractivity contribution in [2.75, 3.05) is 5.43 Å². The lowest BCUT2D eigenvalue weighted by atomic mass is 9.89. The van der Waals surface area contributed by atoms with Crippen LogP contribution in [0.2, 0.25) is 0 Å². The van der Waals surface area contributed by atoms with E-state index in [0.29, 0.717) is 11.6 Å². The van der Waals surface area contributed by atoms with Crippen molar-refractivity contribution in [1.29, 1.82) is 0 Å². The third-order valence-electron chi connectivity index (χ3n) is 3.21. The summed E-state index contributed by atoms with van der Waals surface area (Å²) in [6.45, 7) is 8.53. The van der Waals surface area contributed by atoms with E-state index in [-0.39, 0.29) is 5.41 Å². The normalized spacial score (nSPS) is 11.7. The molecule has 0 radical (unpaired) electrons. The molecule has 2 aromatic rings. The smallest absolute Gasteiger partial charge is 0.165 e. The summed E-state index contributed by atoms with van der Waals surface area (Å²) in [5, 5.41) is 4.57. The molecule has 0 bridgehead atoms. The van der Waals surface area contributed by atoms with Crippen LogP contribution < -0.4 is 11.3 Å². The van der Waals surface area contributed by atoms with Crippen LogP contribution in [0.4, 0.5) is 5.82 Å². The highest BCUT2D eigenvalue weighted by Crippen LogP contribution is 2.30. The van der Waals surface area contributed by atoms with E-state index in [1.165, 1.54) is 0 Å². The number of rotatable bonds is 4. The first-order chi connectivity index (χ1) is 9.85. The van der Waals surface area contributed by atoms with Crippen LogP contribution in [0.25, 0.3) is 11.4 Å². The average Bonchev–Trinajstić information content (AvgIpc) is 2.81. The van der Waals surface area contributed by atoms with E-state index in [9.17, 15) is 0 Å². The number of hydrogen-bond donors (Lipinski definition) is 2. The lowest BCUT2D eigenvalue weighted by Gasteiger charge is -2.17. The molecule has 0 fully saturated rings. The summed E-state index contributed by atoms with van der Waals surface area (Å²) < 4.78 is 1.81. The lowest BCUT2D eigenvalue weighted by Crippen LogP contribution is -2.15. The Hall–Kier alpha value is -1.95. The van der Waals surface area contributed by atoms with Crippen molar-refractivity contribution >= 4 is 5.82 Å². The van der Waals surface area contributed by atoms with E-state index >= 15 is 0 Å². The maximum Gasteiger partial charge on any atom is 0.165 e. The Balaban J connectivity index is 2.58. The van der Waals surface area contributed by atoms with Crippen LogP contribution in [0, 0.1) is 0 Å². The minimum absolute atomic E-state index is 0.0724. The van der Waals surface area contributed by atoms with Crippen molar-refractivity contribution in [1.82, 2.24) is 19.7 Å². The maximum absolute atomic E-state index is 5.53. The molecule has 6 heteroatoms. The molecule has 0 aliphatic carbocycles. The number of aryl methyl sites for hydroxylation is 2. The highest BCUT2D eigenvalue weighted by Gasteiger charge is 2.24. The van der Waals surface area contributed by atoms with Gasteiger partial charge in [-0.05, 0) is 6.42 Å². The van der Waals surface area contributed by atoms with E-state index in [1.54, 1.807) is 4.68 Å². The lowest BCUT2D eigenvalue weighted by molar-refractivity contribution is 0.554. The molecule has 21 heavy (non-hydrogen) atoms. The van der Waals surface area contributed by atoms with Gasteiger partial charge in [-0.2, -0.15) is 5.10 Å². The van der Waals surface area contributed by atoms with Crippen LogP contribution in [-0.2, 0) is 18.9 Å². The zero-order chi connectivity index (χ0) is 15.6. The van der Waals surface area contributed by atoms with Gasteiger partial charge in [-0.1, -0.05) is 34.1 Å². The van der Waals surface area contributed by atoms with Gasteiger partial charge >= 0.3 is 0 Å². The number of nitrogen functional groups attached to an aromatic ring is 1. The monoisotopic (exact) mass is 288 g/mol. The van der Waals surface area contributed by atoms with Crippen molar-refractivity contribution in [3.63, 3.8) is 0 Å². The molecule has 2 rings (SSSR count). The molecule has 0 saturated heterocycles. The maximum atomic E-state index is 5.53. The van der Waals surface area contributed by atoms with Crippen molar-refractivity contribution in [3.8, 4) is 11.4 Å². The standard InChI is InChI=1S/C15H24N6/c1-6-7-10-8-12(19-16)18-14(17-10)11-9-21(5)20-13(11)15(2,3)4/h8-9H,6-7,16H2,1-5H3,(H,17,18,19). The number of nitrogens with two attached hydrogens (primary N) is 1. The Kier molecular flexibility index (Phi) is 4.27. The van der Waals surface area contributed by atoms with Gasteiger partial charge in [-0.3, -0.25) is 4.68 Å². The Labute approximate surface area is 125 Å². The fourth-order valence-corrected chi connectivity index (χ4v) is 2.28. The van der Waals surface area contributed by atoms with Gasteiger partial charge in [-0.25, -0.2) is 15.8 Å². The third-order valence-corrected chi connectivity index (χ3v) is 3.21. The van der Waals surface area contributed by atoms with Crippen molar-refractivity contribution in [2.45, 2.75) is 46.0 Å². The van der Waals surface area contributed by atoms with E-state index in [1.807, 2.05) is 19.3 Å². The first-order valence-corrected chi connectivity index (χ1v) is 7.24. The van der Waals surface area contributed by atoms with Crippen LogP contribution in [0.15, 0.2) is 12.3 Å². The van der Waals surface area contributed by atoms with Crippen LogP contribution >= 0.6 is 0 Å². The molecule has 0 spiro atoms. The first-order valence-electron chi connectivity index (χ1n) is 7.24. The number of nitrogens with zero attached hydrogens (tertiary/aromatic N) is 4. The van der Waals surface area contributed by atoms with Crippen LogP contribution in [0.5, 0.6) is 0 Å². The van der Waals surface area contributed by atoms with Crippen LogP contribution in [0.3, 0.4) is 0 Å². The SMILES string of the molecule is CCCc1cc(NN)nc(-c2cn(C)nc2C(C)(C)C)n1. The minimum Gasteiger partial charge on any atom is -0.308 e. The summed E-state index contributed by atoms with van der Waals surface area (Å²) in [4.78, 5) is 9.16. The Morgan fingerprint density at radius 1 is 1.29 bits per heavy atom. The fraction of sp³-hybridized carbons (Fsp3) is 0.533. The molecule has 2 heterocycles.